The molecule has 1 saturated heterocycles. The molecule has 1 unspecified atom stereocenters. The number of aromatic hydroxyl groups is 1. The van der Waals surface area contributed by atoms with Crippen LogP contribution in [0.4, 0.5) is 0 Å². The first-order chi connectivity index (χ1) is 9.07. The second kappa shape index (κ2) is 6.40. The van der Waals surface area contributed by atoms with Crippen LogP contribution < -0.4 is 5.32 Å². The Bertz CT molecular complexity index is 382. The van der Waals surface area contributed by atoms with Crippen LogP contribution in [0, 0.1) is 5.41 Å². The molecule has 1 aliphatic rings. The standard InChI is InChI=1S/C16H25NO2/c1-13(11-14-3-5-15(18)6-4-14)17-12-16(2)7-9-19-10-8-16/h3-6,13,17-18H,7-12H2,1-2H3. The van der Waals surface area contributed by atoms with Gasteiger partial charge in [0.05, 0.1) is 0 Å². The van der Waals surface area contributed by atoms with Gasteiger partial charge in [-0.3, -0.25) is 0 Å². The Morgan fingerprint density at radius 3 is 2.53 bits per heavy atom. The van der Waals surface area contributed by atoms with Gasteiger partial charge in [0.2, 0.25) is 0 Å². The third-order valence-electron chi connectivity index (χ3n) is 4.06. The molecular weight excluding hydrogens is 238 g/mol. The van der Waals surface area contributed by atoms with Crippen LogP contribution in [0.2, 0.25) is 0 Å². The average molecular weight is 263 g/mol. The summed E-state index contributed by atoms with van der Waals surface area (Å²) < 4.78 is 5.43. The molecule has 1 aliphatic heterocycles. The minimum atomic E-state index is 0.332. The topological polar surface area (TPSA) is 41.5 Å². The van der Waals surface area contributed by atoms with Crippen LogP contribution in [-0.2, 0) is 11.2 Å². The van der Waals surface area contributed by atoms with Crippen molar-refractivity contribution >= 4 is 0 Å². The fourth-order valence-electron chi connectivity index (χ4n) is 2.52. The Hall–Kier alpha value is -1.06. The van der Waals surface area contributed by atoms with Crippen molar-refractivity contribution in [2.75, 3.05) is 19.8 Å². The summed E-state index contributed by atoms with van der Waals surface area (Å²) in [5.41, 5.74) is 1.64. The van der Waals surface area contributed by atoms with E-state index in [0.717, 1.165) is 39.0 Å². The van der Waals surface area contributed by atoms with E-state index >= 15 is 0 Å². The molecule has 1 atom stereocenters. The summed E-state index contributed by atoms with van der Waals surface area (Å²) in [6.45, 7) is 7.40. The molecule has 0 aromatic heterocycles. The fraction of sp³-hybridized carbons (Fsp3) is 0.625. The van der Waals surface area contributed by atoms with Gasteiger partial charge < -0.3 is 15.2 Å². The van der Waals surface area contributed by atoms with Gasteiger partial charge in [0, 0.05) is 25.8 Å². The van der Waals surface area contributed by atoms with E-state index < -0.39 is 0 Å². The summed E-state index contributed by atoms with van der Waals surface area (Å²) in [4.78, 5) is 0. The maximum atomic E-state index is 9.27. The van der Waals surface area contributed by atoms with Gasteiger partial charge in [0.1, 0.15) is 5.75 Å². The van der Waals surface area contributed by atoms with Crippen molar-refractivity contribution in [2.24, 2.45) is 5.41 Å². The average Bonchev–Trinajstić information content (AvgIpc) is 2.40. The Morgan fingerprint density at radius 1 is 1.26 bits per heavy atom. The lowest BCUT2D eigenvalue weighted by Crippen LogP contribution is -2.41. The number of ether oxygens (including phenoxy) is 1. The summed E-state index contributed by atoms with van der Waals surface area (Å²) >= 11 is 0. The zero-order chi connectivity index (χ0) is 13.7. The fourth-order valence-corrected chi connectivity index (χ4v) is 2.52. The highest BCUT2D eigenvalue weighted by molar-refractivity contribution is 5.26. The van der Waals surface area contributed by atoms with Crippen LogP contribution in [0.5, 0.6) is 5.75 Å². The predicted octanol–water partition coefficient (Wildman–Crippen LogP) is 2.73. The summed E-state index contributed by atoms with van der Waals surface area (Å²) in [5.74, 6) is 0.332. The molecule has 0 radical (unpaired) electrons. The second-order valence-electron chi connectivity index (χ2n) is 6.08. The highest BCUT2D eigenvalue weighted by Crippen LogP contribution is 2.28. The molecule has 1 fully saturated rings. The number of phenols is 1. The van der Waals surface area contributed by atoms with Crippen molar-refractivity contribution < 1.29 is 9.84 Å². The molecule has 3 nitrogen and oxygen atoms in total. The molecule has 3 heteroatoms. The van der Waals surface area contributed by atoms with E-state index in [4.69, 9.17) is 4.74 Å². The summed E-state index contributed by atoms with van der Waals surface area (Å²) in [6, 6.07) is 7.93. The molecule has 2 rings (SSSR count). The molecule has 2 N–H and O–H groups in total. The number of rotatable bonds is 5. The number of phenolic OH excluding ortho intramolecular Hbond substituents is 1. The molecule has 0 bridgehead atoms. The smallest absolute Gasteiger partial charge is 0.115 e. The highest BCUT2D eigenvalue weighted by Gasteiger charge is 2.27. The van der Waals surface area contributed by atoms with E-state index in [-0.39, 0.29) is 0 Å². The number of nitrogens with one attached hydrogen (secondary N) is 1. The van der Waals surface area contributed by atoms with Gasteiger partial charge in [0.25, 0.3) is 0 Å². The quantitative estimate of drug-likeness (QED) is 0.858. The zero-order valence-corrected chi connectivity index (χ0v) is 12.0. The monoisotopic (exact) mass is 263 g/mol. The van der Waals surface area contributed by atoms with Gasteiger partial charge >= 0.3 is 0 Å². The van der Waals surface area contributed by atoms with Crippen molar-refractivity contribution in [3.8, 4) is 5.75 Å². The molecular formula is C16H25NO2. The van der Waals surface area contributed by atoms with Crippen LogP contribution >= 0.6 is 0 Å². The van der Waals surface area contributed by atoms with Crippen molar-refractivity contribution in [1.29, 1.82) is 0 Å². The first-order valence-electron chi connectivity index (χ1n) is 7.16. The maximum Gasteiger partial charge on any atom is 0.115 e. The predicted molar refractivity (Wildman–Crippen MR) is 77.4 cm³/mol. The first-order valence-corrected chi connectivity index (χ1v) is 7.16. The van der Waals surface area contributed by atoms with Gasteiger partial charge in [-0.2, -0.15) is 0 Å². The Balaban J connectivity index is 1.77. The van der Waals surface area contributed by atoms with E-state index in [9.17, 15) is 5.11 Å². The van der Waals surface area contributed by atoms with E-state index in [1.54, 1.807) is 12.1 Å². The van der Waals surface area contributed by atoms with Crippen LogP contribution in [-0.4, -0.2) is 30.9 Å². The van der Waals surface area contributed by atoms with Gasteiger partial charge in [-0.25, -0.2) is 0 Å². The lowest BCUT2D eigenvalue weighted by Gasteiger charge is -2.34. The maximum absolute atomic E-state index is 9.27. The van der Waals surface area contributed by atoms with Crippen molar-refractivity contribution in [3.05, 3.63) is 29.8 Å². The summed E-state index contributed by atoms with van der Waals surface area (Å²) in [5, 5.41) is 12.9. The number of hydrogen-bond donors (Lipinski definition) is 2. The van der Waals surface area contributed by atoms with Gasteiger partial charge in [-0.1, -0.05) is 19.1 Å². The summed E-state index contributed by atoms with van der Waals surface area (Å²) in [6.07, 6.45) is 3.28. The molecule has 19 heavy (non-hydrogen) atoms. The Kier molecular flexibility index (Phi) is 4.83. The molecule has 106 valence electrons. The molecule has 1 aromatic rings. The van der Waals surface area contributed by atoms with E-state index in [1.807, 2.05) is 12.1 Å². The van der Waals surface area contributed by atoms with Crippen molar-refractivity contribution in [2.45, 2.75) is 39.2 Å². The van der Waals surface area contributed by atoms with Crippen LogP contribution in [0.15, 0.2) is 24.3 Å². The van der Waals surface area contributed by atoms with Crippen molar-refractivity contribution in [3.63, 3.8) is 0 Å². The molecule has 0 saturated carbocycles. The molecule has 1 heterocycles. The molecule has 1 aromatic carbocycles. The minimum Gasteiger partial charge on any atom is -0.508 e. The Labute approximate surface area is 116 Å². The first kappa shape index (κ1) is 14.4. The normalized spacial score (nSPS) is 20.1. The second-order valence-corrected chi connectivity index (χ2v) is 6.08. The van der Waals surface area contributed by atoms with E-state index in [1.165, 1.54) is 5.56 Å². The number of hydrogen-bond acceptors (Lipinski definition) is 3. The SMILES string of the molecule is CC(Cc1ccc(O)cc1)NCC1(C)CCOCC1. The largest absolute Gasteiger partial charge is 0.508 e. The number of benzene rings is 1. The van der Waals surface area contributed by atoms with Crippen LogP contribution in [0.3, 0.4) is 0 Å². The Morgan fingerprint density at radius 2 is 1.89 bits per heavy atom. The molecule has 0 spiro atoms. The summed E-state index contributed by atoms with van der Waals surface area (Å²) in [7, 11) is 0. The lowest BCUT2D eigenvalue weighted by atomic mass is 9.82. The third-order valence-corrected chi connectivity index (χ3v) is 4.06. The highest BCUT2D eigenvalue weighted by atomic mass is 16.5. The van der Waals surface area contributed by atoms with Crippen LogP contribution in [0.1, 0.15) is 32.3 Å². The molecule has 0 aliphatic carbocycles. The molecule has 0 amide bonds. The van der Waals surface area contributed by atoms with E-state index in [0.29, 0.717) is 17.2 Å². The van der Waals surface area contributed by atoms with Gasteiger partial charge in [-0.15, -0.1) is 0 Å². The third kappa shape index (κ3) is 4.51. The van der Waals surface area contributed by atoms with Gasteiger partial charge in [-0.05, 0) is 49.3 Å². The lowest BCUT2D eigenvalue weighted by molar-refractivity contribution is 0.0231. The zero-order valence-electron chi connectivity index (χ0n) is 12.0. The minimum absolute atomic E-state index is 0.332. The van der Waals surface area contributed by atoms with E-state index in [2.05, 4.69) is 19.2 Å². The van der Waals surface area contributed by atoms with Crippen molar-refractivity contribution in [1.82, 2.24) is 5.32 Å². The van der Waals surface area contributed by atoms with Gasteiger partial charge in [0.15, 0.2) is 0 Å². The van der Waals surface area contributed by atoms with Crippen LogP contribution in [0.25, 0.3) is 0 Å².